The zero-order valence-electron chi connectivity index (χ0n) is 14.0. The first-order valence-electron chi connectivity index (χ1n) is 9.03. The molecule has 26 heavy (non-hydrogen) atoms. The highest BCUT2D eigenvalue weighted by Crippen LogP contribution is 2.66. The highest BCUT2D eigenvalue weighted by molar-refractivity contribution is 6.68. The highest BCUT2D eigenvalue weighted by atomic mass is 35.5. The van der Waals surface area contributed by atoms with Gasteiger partial charge in [-0.15, -0.1) is 0 Å². The molecule has 5 heteroatoms. The number of benzene rings is 2. The molecule has 5 rings (SSSR count). The molecule has 3 aliphatic rings. The van der Waals surface area contributed by atoms with Crippen LogP contribution < -0.4 is 0 Å². The fourth-order valence-corrected chi connectivity index (χ4v) is 6.98. The Morgan fingerprint density at radius 2 is 1.54 bits per heavy atom. The Hall–Kier alpha value is -0.730. The van der Waals surface area contributed by atoms with Gasteiger partial charge in [-0.05, 0) is 90.5 Å². The van der Waals surface area contributed by atoms with Crippen LogP contribution in [0.1, 0.15) is 30.4 Å². The van der Waals surface area contributed by atoms with E-state index in [9.17, 15) is 0 Å². The summed E-state index contributed by atoms with van der Waals surface area (Å²) in [6, 6.07) is 16.0. The molecule has 2 aromatic rings. The minimum atomic E-state index is -0.615. The number of nitrogens with zero attached hydrogens (tertiary/aromatic N) is 1. The minimum Gasteiger partial charge on any atom is -0.192 e. The van der Waals surface area contributed by atoms with Gasteiger partial charge in [0.2, 0.25) is 0 Å². The average molecular weight is 426 g/mol. The molecule has 0 spiro atoms. The Morgan fingerprint density at radius 3 is 2.19 bits per heavy atom. The second-order valence-corrected chi connectivity index (χ2v) is 9.49. The lowest BCUT2D eigenvalue weighted by atomic mass is 9.85. The van der Waals surface area contributed by atoms with Crippen molar-refractivity contribution in [2.24, 2.45) is 17.8 Å². The Balaban J connectivity index is 1.71. The monoisotopic (exact) mass is 424 g/mol. The van der Waals surface area contributed by atoms with Crippen LogP contribution in [-0.2, 0) is 5.00 Å². The molecule has 1 aliphatic heterocycles. The summed E-state index contributed by atoms with van der Waals surface area (Å²) in [6.45, 7) is 0. The molecule has 2 aromatic carbocycles. The van der Waals surface area contributed by atoms with Crippen molar-refractivity contribution in [2.45, 2.75) is 30.3 Å². The van der Waals surface area contributed by atoms with Gasteiger partial charge in [-0.2, -0.15) is 4.58 Å². The van der Waals surface area contributed by atoms with E-state index in [4.69, 9.17) is 46.4 Å². The van der Waals surface area contributed by atoms with Crippen molar-refractivity contribution in [1.82, 2.24) is 0 Å². The van der Waals surface area contributed by atoms with E-state index in [0.717, 1.165) is 16.1 Å². The van der Waals surface area contributed by atoms with Gasteiger partial charge < -0.3 is 0 Å². The van der Waals surface area contributed by atoms with Crippen molar-refractivity contribution in [2.75, 3.05) is 0 Å². The maximum atomic E-state index is 7.47. The summed E-state index contributed by atoms with van der Waals surface area (Å²) in [4.78, 5) is -0.615. The lowest BCUT2D eigenvalue weighted by Gasteiger charge is -2.33. The van der Waals surface area contributed by atoms with Crippen molar-refractivity contribution >= 4 is 51.6 Å². The third-order valence-electron chi connectivity index (χ3n) is 6.55. The molecule has 134 valence electrons. The zero-order valence-corrected chi connectivity index (χ0v) is 17.0. The largest absolute Gasteiger partial charge is 0.278 e. The van der Waals surface area contributed by atoms with Crippen LogP contribution in [-0.4, -0.2) is 15.8 Å². The van der Waals surface area contributed by atoms with Crippen molar-refractivity contribution in [3.63, 3.8) is 0 Å². The number of alkyl halides is 1. The Kier molecular flexibility index (Phi) is 4.10. The molecule has 0 amide bonds. The summed E-state index contributed by atoms with van der Waals surface area (Å²) in [6.07, 6.45) is 3.70. The zero-order chi connectivity index (χ0) is 18.1. The van der Waals surface area contributed by atoms with Crippen LogP contribution in [0.4, 0.5) is 0 Å². The summed E-state index contributed by atoms with van der Waals surface area (Å²) in [5, 5.41) is 2.14. The molecule has 2 aliphatic carbocycles. The quantitative estimate of drug-likeness (QED) is 0.293. The van der Waals surface area contributed by atoms with E-state index in [-0.39, 0.29) is 0 Å². The Bertz CT molecular complexity index is 889. The van der Waals surface area contributed by atoms with Gasteiger partial charge in [0.15, 0.2) is 6.04 Å². The van der Waals surface area contributed by atoms with Gasteiger partial charge in [-0.25, -0.2) is 0 Å². The topological polar surface area (TPSA) is 3.01 Å². The van der Waals surface area contributed by atoms with Crippen molar-refractivity contribution < 1.29 is 4.58 Å². The van der Waals surface area contributed by atoms with Crippen LogP contribution in [0, 0.1) is 17.8 Å². The van der Waals surface area contributed by atoms with E-state index in [2.05, 4.69) is 16.7 Å². The second kappa shape index (κ2) is 6.14. The van der Waals surface area contributed by atoms with Gasteiger partial charge >= 0.3 is 0 Å². The van der Waals surface area contributed by atoms with Crippen LogP contribution >= 0.6 is 46.4 Å². The summed E-state index contributed by atoms with van der Waals surface area (Å²) >= 11 is 26.6. The molecule has 1 saturated heterocycles. The lowest BCUT2D eigenvalue weighted by molar-refractivity contribution is -0.618. The average Bonchev–Trinajstić information content (AvgIpc) is 3.28. The van der Waals surface area contributed by atoms with Gasteiger partial charge in [0.25, 0.3) is 10.2 Å². The van der Waals surface area contributed by atoms with Gasteiger partial charge in [0.05, 0.1) is 11.5 Å². The van der Waals surface area contributed by atoms with E-state index < -0.39 is 5.00 Å². The van der Waals surface area contributed by atoms with Crippen LogP contribution in [0.2, 0.25) is 10.0 Å². The molecule has 2 saturated carbocycles. The fourth-order valence-electron chi connectivity index (χ4n) is 5.62. The minimum absolute atomic E-state index is 0.398. The third kappa shape index (κ3) is 2.34. The number of halogens is 4. The molecule has 0 N–H and O–H groups in total. The number of hydrogen-bond acceptors (Lipinski definition) is 0. The summed E-state index contributed by atoms with van der Waals surface area (Å²) in [7, 11) is 0. The molecule has 1 nitrogen and oxygen atoms in total. The van der Waals surface area contributed by atoms with E-state index in [0.29, 0.717) is 34.0 Å². The first kappa shape index (κ1) is 17.4. The Labute approximate surface area is 173 Å². The molecule has 4 bridgehead atoms. The summed E-state index contributed by atoms with van der Waals surface area (Å²) < 4.78 is 2.27. The number of hydrogen-bond donors (Lipinski definition) is 0. The molecule has 5 atom stereocenters. The molecule has 0 radical (unpaired) electrons. The van der Waals surface area contributed by atoms with E-state index in [1.54, 1.807) is 0 Å². The van der Waals surface area contributed by atoms with E-state index in [1.807, 2.05) is 36.4 Å². The fraction of sp³-hybridized carbons (Fsp3) is 0.381. The SMILES string of the molecule is Cl/C(c1ccc(Cl)cc1)=[N+]1/[C@H]2C[C@@H]3CC[C@H]2[C@@H]3[C@]1(Cl)c1ccc(Cl)cc1. The smallest absolute Gasteiger partial charge is 0.192 e. The molecular weight excluding hydrogens is 408 g/mol. The Morgan fingerprint density at radius 1 is 0.923 bits per heavy atom. The van der Waals surface area contributed by atoms with E-state index in [1.165, 1.54) is 19.3 Å². The van der Waals surface area contributed by atoms with Crippen LogP contribution in [0.15, 0.2) is 48.5 Å². The van der Waals surface area contributed by atoms with E-state index >= 15 is 0 Å². The van der Waals surface area contributed by atoms with Crippen LogP contribution in [0.25, 0.3) is 0 Å². The first-order valence-corrected chi connectivity index (χ1v) is 10.5. The number of piperidine rings is 1. The maximum Gasteiger partial charge on any atom is 0.278 e. The van der Waals surface area contributed by atoms with Crippen molar-refractivity contribution in [1.29, 1.82) is 0 Å². The molecule has 1 heterocycles. The van der Waals surface area contributed by atoms with Gasteiger partial charge in [-0.3, -0.25) is 0 Å². The van der Waals surface area contributed by atoms with Gasteiger partial charge in [0.1, 0.15) is 0 Å². The molecule has 0 aromatic heterocycles. The van der Waals surface area contributed by atoms with Crippen LogP contribution in [0.3, 0.4) is 0 Å². The van der Waals surface area contributed by atoms with Crippen molar-refractivity contribution in [3.8, 4) is 0 Å². The van der Waals surface area contributed by atoms with Crippen molar-refractivity contribution in [3.05, 3.63) is 69.7 Å². The predicted molar refractivity (Wildman–Crippen MR) is 109 cm³/mol. The van der Waals surface area contributed by atoms with Gasteiger partial charge in [-0.1, -0.05) is 23.2 Å². The third-order valence-corrected chi connectivity index (χ3v) is 8.10. The lowest BCUT2D eigenvalue weighted by Crippen LogP contribution is -2.45. The maximum absolute atomic E-state index is 7.47. The standard InChI is InChI=1S/C21H18Cl4N/c22-15-6-1-12(2-7-15)20(24)26-18-11-13-3-10-17(18)19(13)21(26,25)14-4-8-16(23)9-5-14/h1-2,4-9,13,17-19H,3,10-11H2/q+1/b26-20-/t13-,17+,18-,19+,21-/m0/s1. The highest BCUT2D eigenvalue weighted by Gasteiger charge is 2.73. The first-order chi connectivity index (χ1) is 12.5. The van der Waals surface area contributed by atoms with Crippen LogP contribution in [0.5, 0.6) is 0 Å². The molecular formula is C21H18Cl4N+. The predicted octanol–water partition coefficient (Wildman–Crippen LogP) is 6.51. The second-order valence-electron chi connectivity index (χ2n) is 7.68. The molecule has 3 fully saturated rings. The van der Waals surface area contributed by atoms with Gasteiger partial charge in [0, 0.05) is 27.9 Å². The normalized spacial score (nSPS) is 36.6. The summed E-state index contributed by atoms with van der Waals surface area (Å²) in [5.41, 5.74) is 2.04. The molecule has 0 unspecified atom stereocenters. The summed E-state index contributed by atoms with van der Waals surface area (Å²) in [5.74, 6) is 1.72. The number of rotatable bonds is 2.